The van der Waals surface area contributed by atoms with Gasteiger partial charge in [0.15, 0.2) is 10.6 Å². The standard InChI is InChI=1S/C18H17F3N6O4S/c19-18(20,21)14-9-12(11-5-2-1-3-6-11)24-16(25-14)26-17(28)27-32(29,30)13(10-22)15-23-7-4-8-31-15/h1-3,5-6,9-10H,4,7-8,22H2,(H2,24,25,26,27,28). The molecule has 10 nitrogen and oxygen atoms in total. The van der Waals surface area contributed by atoms with Crippen molar-refractivity contribution in [1.82, 2.24) is 14.7 Å². The van der Waals surface area contributed by atoms with Crippen molar-refractivity contribution in [1.29, 1.82) is 0 Å². The molecule has 2 aromatic rings. The van der Waals surface area contributed by atoms with E-state index >= 15 is 0 Å². The Morgan fingerprint density at radius 1 is 1.19 bits per heavy atom. The van der Waals surface area contributed by atoms with Crippen LogP contribution in [0.5, 0.6) is 0 Å². The lowest BCUT2D eigenvalue weighted by Crippen LogP contribution is -2.38. The number of carbonyl (C=O) groups excluding carboxylic acids is 1. The molecule has 0 saturated heterocycles. The number of carbonyl (C=O) groups is 1. The van der Waals surface area contributed by atoms with Gasteiger partial charge in [0.25, 0.3) is 10.0 Å². The van der Waals surface area contributed by atoms with Gasteiger partial charge < -0.3 is 10.5 Å². The third kappa shape index (κ3) is 5.51. The van der Waals surface area contributed by atoms with Gasteiger partial charge in [-0.15, -0.1) is 0 Å². The number of benzene rings is 1. The first-order valence-electron chi connectivity index (χ1n) is 9.05. The third-order valence-corrected chi connectivity index (χ3v) is 5.33. The van der Waals surface area contributed by atoms with E-state index in [0.29, 0.717) is 30.8 Å². The van der Waals surface area contributed by atoms with E-state index in [9.17, 15) is 26.4 Å². The number of nitrogens with zero attached hydrogens (tertiary/aromatic N) is 3. The molecule has 4 N–H and O–H groups in total. The molecule has 1 aliphatic rings. The number of hydrogen-bond acceptors (Lipinski definition) is 8. The second-order valence-corrected chi connectivity index (χ2v) is 7.96. The van der Waals surface area contributed by atoms with Crippen molar-refractivity contribution in [2.24, 2.45) is 10.7 Å². The van der Waals surface area contributed by atoms with Gasteiger partial charge in [-0.05, 0) is 6.07 Å². The Labute approximate surface area is 180 Å². The zero-order chi connectivity index (χ0) is 23.4. The van der Waals surface area contributed by atoms with Crippen LogP contribution in [0.2, 0.25) is 0 Å². The SMILES string of the molecule is NC=C(C1=NCCCO1)S(=O)(=O)NC(=O)Nc1nc(-c2ccccc2)cc(C(F)(F)F)n1. The maximum atomic E-state index is 13.3. The van der Waals surface area contributed by atoms with Crippen molar-refractivity contribution < 1.29 is 31.1 Å². The van der Waals surface area contributed by atoms with Crippen molar-refractivity contribution in [3.63, 3.8) is 0 Å². The highest BCUT2D eigenvalue weighted by atomic mass is 32.2. The fourth-order valence-corrected chi connectivity index (χ4v) is 3.53. The number of nitrogens with two attached hydrogens (primary N) is 1. The Balaban J connectivity index is 1.86. The lowest BCUT2D eigenvalue weighted by molar-refractivity contribution is -0.141. The number of halogens is 3. The summed E-state index contributed by atoms with van der Waals surface area (Å²) in [5, 5.41) is 1.90. The minimum atomic E-state index is -4.84. The van der Waals surface area contributed by atoms with Crippen LogP contribution in [0, 0.1) is 0 Å². The van der Waals surface area contributed by atoms with Gasteiger partial charge in [0, 0.05) is 24.7 Å². The number of ether oxygens (including phenoxy) is 1. The van der Waals surface area contributed by atoms with Gasteiger partial charge in [0.1, 0.15) is 0 Å². The molecular formula is C18H17F3N6O4S. The number of urea groups is 1. The van der Waals surface area contributed by atoms with Gasteiger partial charge in [-0.25, -0.2) is 27.9 Å². The Morgan fingerprint density at radius 3 is 2.50 bits per heavy atom. The van der Waals surface area contributed by atoms with Crippen molar-refractivity contribution in [2.75, 3.05) is 18.5 Å². The number of nitrogens with one attached hydrogen (secondary N) is 2. The molecule has 0 saturated carbocycles. The summed E-state index contributed by atoms with van der Waals surface area (Å²) < 4.78 is 71.5. The summed E-state index contributed by atoms with van der Waals surface area (Å²) in [5.41, 5.74) is 4.23. The fourth-order valence-electron chi connectivity index (χ4n) is 2.59. The van der Waals surface area contributed by atoms with Crippen LogP contribution >= 0.6 is 0 Å². The Bertz CT molecular complexity index is 1170. The van der Waals surface area contributed by atoms with Crippen LogP contribution in [0.15, 0.2) is 52.5 Å². The molecule has 0 spiro atoms. The predicted molar refractivity (Wildman–Crippen MR) is 109 cm³/mol. The van der Waals surface area contributed by atoms with Crippen LogP contribution in [0.25, 0.3) is 11.3 Å². The first-order valence-corrected chi connectivity index (χ1v) is 10.5. The van der Waals surface area contributed by atoms with Gasteiger partial charge in [-0.1, -0.05) is 30.3 Å². The zero-order valence-corrected chi connectivity index (χ0v) is 17.1. The number of hydrogen-bond donors (Lipinski definition) is 3. The minimum absolute atomic E-state index is 0.126. The summed E-state index contributed by atoms with van der Waals surface area (Å²) in [6.45, 7) is 0.507. The van der Waals surface area contributed by atoms with E-state index in [-0.39, 0.29) is 18.2 Å². The van der Waals surface area contributed by atoms with Gasteiger partial charge in [0.2, 0.25) is 11.8 Å². The fraction of sp³-hybridized carbons (Fsp3) is 0.222. The third-order valence-electron chi connectivity index (χ3n) is 3.99. The second kappa shape index (κ2) is 9.21. The van der Waals surface area contributed by atoms with Crippen molar-refractivity contribution in [2.45, 2.75) is 12.6 Å². The lowest BCUT2D eigenvalue weighted by Gasteiger charge is -2.16. The monoisotopic (exact) mass is 470 g/mol. The molecule has 32 heavy (non-hydrogen) atoms. The van der Waals surface area contributed by atoms with Gasteiger partial charge in [-0.3, -0.25) is 10.3 Å². The molecule has 170 valence electrons. The summed E-state index contributed by atoms with van der Waals surface area (Å²) in [6.07, 6.45) is -3.57. The van der Waals surface area contributed by atoms with Crippen LogP contribution in [0.3, 0.4) is 0 Å². The average molecular weight is 470 g/mol. The average Bonchev–Trinajstić information content (AvgIpc) is 2.74. The molecule has 2 amide bonds. The maximum absolute atomic E-state index is 13.3. The van der Waals surface area contributed by atoms with Crippen LogP contribution < -0.4 is 15.8 Å². The number of aromatic nitrogens is 2. The van der Waals surface area contributed by atoms with Gasteiger partial charge >= 0.3 is 12.2 Å². The smallest absolute Gasteiger partial charge is 0.433 e. The quantitative estimate of drug-likeness (QED) is 0.607. The molecule has 1 aromatic heterocycles. The number of rotatable bonds is 5. The highest BCUT2D eigenvalue weighted by Gasteiger charge is 2.34. The maximum Gasteiger partial charge on any atom is 0.433 e. The molecule has 14 heteroatoms. The Kier molecular flexibility index (Phi) is 6.62. The lowest BCUT2D eigenvalue weighted by atomic mass is 10.1. The van der Waals surface area contributed by atoms with E-state index < -0.39 is 38.8 Å². The number of aliphatic imine (C=N–C) groups is 1. The van der Waals surface area contributed by atoms with E-state index in [1.165, 1.54) is 12.1 Å². The summed E-state index contributed by atoms with van der Waals surface area (Å²) >= 11 is 0. The van der Waals surface area contributed by atoms with Crippen LogP contribution in [-0.4, -0.2) is 43.5 Å². The topological polar surface area (TPSA) is 149 Å². The number of amides is 2. The van der Waals surface area contributed by atoms with E-state index in [1.54, 1.807) is 22.9 Å². The second-order valence-electron chi connectivity index (χ2n) is 6.31. The molecule has 0 atom stereocenters. The van der Waals surface area contributed by atoms with Gasteiger partial charge in [0.05, 0.1) is 12.3 Å². The molecule has 3 rings (SSSR count). The predicted octanol–water partition coefficient (Wildman–Crippen LogP) is 2.23. The zero-order valence-electron chi connectivity index (χ0n) is 16.3. The minimum Gasteiger partial charge on any atom is -0.477 e. The highest BCUT2D eigenvalue weighted by Crippen LogP contribution is 2.31. The first-order chi connectivity index (χ1) is 15.1. The highest BCUT2D eigenvalue weighted by molar-refractivity contribution is 7.94. The summed E-state index contributed by atoms with van der Waals surface area (Å²) in [6, 6.07) is 7.18. The van der Waals surface area contributed by atoms with Crippen molar-refractivity contribution in [3.05, 3.63) is 53.2 Å². The van der Waals surface area contributed by atoms with Crippen LogP contribution in [0.4, 0.5) is 23.9 Å². The number of sulfonamides is 1. The van der Waals surface area contributed by atoms with E-state index in [4.69, 9.17) is 10.5 Å². The summed E-state index contributed by atoms with van der Waals surface area (Å²) in [4.78, 5) is 22.7. The molecule has 0 radical (unpaired) electrons. The molecule has 1 aromatic carbocycles. The van der Waals surface area contributed by atoms with Crippen molar-refractivity contribution >= 4 is 27.9 Å². The number of anilines is 1. The Hall–Kier alpha value is -3.68. The van der Waals surface area contributed by atoms with E-state index in [1.807, 2.05) is 5.32 Å². The van der Waals surface area contributed by atoms with Crippen molar-refractivity contribution in [3.8, 4) is 11.3 Å². The molecular weight excluding hydrogens is 453 g/mol. The van der Waals surface area contributed by atoms with Gasteiger partial charge in [-0.2, -0.15) is 13.2 Å². The molecule has 0 bridgehead atoms. The van der Waals surface area contributed by atoms with Crippen LogP contribution in [-0.2, 0) is 20.9 Å². The number of alkyl halides is 3. The molecule has 0 unspecified atom stereocenters. The molecule has 0 aliphatic carbocycles. The summed E-state index contributed by atoms with van der Waals surface area (Å²) in [5.74, 6) is -1.03. The molecule has 0 fully saturated rings. The first kappa shape index (κ1) is 23.0. The summed E-state index contributed by atoms with van der Waals surface area (Å²) in [7, 11) is -4.55. The molecule has 1 aliphatic heterocycles. The van der Waals surface area contributed by atoms with E-state index in [2.05, 4.69) is 15.0 Å². The van der Waals surface area contributed by atoms with Crippen LogP contribution in [0.1, 0.15) is 12.1 Å². The van der Waals surface area contributed by atoms with E-state index in [0.717, 1.165) is 0 Å². The Morgan fingerprint density at radius 2 is 1.91 bits per heavy atom. The largest absolute Gasteiger partial charge is 0.477 e. The molecule has 2 heterocycles. The normalized spacial score (nSPS) is 14.8.